The van der Waals surface area contributed by atoms with Gasteiger partial charge in [0, 0.05) is 13.1 Å². The van der Waals surface area contributed by atoms with Crippen molar-refractivity contribution in [3.63, 3.8) is 0 Å². The average Bonchev–Trinajstić information content (AvgIpc) is 2.97. The number of amides is 4. The van der Waals surface area contributed by atoms with Crippen LogP contribution in [-0.4, -0.2) is 82.9 Å². The molecule has 0 aliphatic carbocycles. The van der Waals surface area contributed by atoms with Crippen LogP contribution in [0.4, 0.5) is 9.59 Å². The smallest absolute Gasteiger partial charge is 0.410 e. The summed E-state index contributed by atoms with van der Waals surface area (Å²) in [5, 5.41) is 1.44. The number of hydrogen-bond donors (Lipinski definition) is 1. The summed E-state index contributed by atoms with van der Waals surface area (Å²) in [6, 6.07) is -1.00. The minimum absolute atomic E-state index is 0.00560. The van der Waals surface area contributed by atoms with E-state index < -0.39 is 11.6 Å². The van der Waals surface area contributed by atoms with E-state index in [0.717, 1.165) is 32.1 Å². The third-order valence-electron chi connectivity index (χ3n) is 6.06. The highest BCUT2D eigenvalue weighted by atomic mass is 16.7. The van der Waals surface area contributed by atoms with Gasteiger partial charge in [0.05, 0.1) is 25.3 Å². The van der Waals surface area contributed by atoms with E-state index in [1.54, 1.807) is 9.80 Å². The zero-order valence-electron chi connectivity index (χ0n) is 19.8. The number of fused-ring (bicyclic) bond motifs is 2. The van der Waals surface area contributed by atoms with E-state index in [0.29, 0.717) is 32.5 Å². The van der Waals surface area contributed by atoms with E-state index >= 15 is 0 Å². The molecule has 3 aliphatic heterocycles. The van der Waals surface area contributed by atoms with Crippen molar-refractivity contribution in [1.82, 2.24) is 20.3 Å². The predicted molar refractivity (Wildman–Crippen MR) is 116 cm³/mol. The van der Waals surface area contributed by atoms with Gasteiger partial charge in [0.15, 0.2) is 0 Å². The van der Waals surface area contributed by atoms with E-state index in [1.807, 2.05) is 20.8 Å². The van der Waals surface area contributed by atoms with Gasteiger partial charge < -0.3 is 14.5 Å². The molecule has 0 aromatic heterocycles. The van der Waals surface area contributed by atoms with Crippen LogP contribution in [0.5, 0.6) is 0 Å². The van der Waals surface area contributed by atoms with Gasteiger partial charge in [-0.3, -0.25) is 14.5 Å². The second-order valence-corrected chi connectivity index (χ2v) is 9.80. The highest BCUT2D eigenvalue weighted by molar-refractivity contribution is 5.88. The molecule has 10 heteroatoms. The first-order chi connectivity index (χ1) is 15.2. The fourth-order valence-corrected chi connectivity index (χ4v) is 4.39. The third-order valence-corrected chi connectivity index (χ3v) is 6.06. The van der Waals surface area contributed by atoms with Crippen molar-refractivity contribution in [2.24, 2.45) is 0 Å². The lowest BCUT2D eigenvalue weighted by Crippen LogP contribution is -2.52. The maximum Gasteiger partial charge on any atom is 0.410 e. The number of carbonyl (C=O) groups is 3. The van der Waals surface area contributed by atoms with Crippen molar-refractivity contribution in [2.45, 2.75) is 96.4 Å². The van der Waals surface area contributed by atoms with Crippen LogP contribution < -0.4 is 5.48 Å². The minimum Gasteiger partial charge on any atom is -0.444 e. The molecular formula is C22H38N4O6. The van der Waals surface area contributed by atoms with Gasteiger partial charge in [0.1, 0.15) is 11.6 Å². The molecule has 2 bridgehead atoms. The summed E-state index contributed by atoms with van der Waals surface area (Å²) in [5.41, 5.74) is 1.94. The second kappa shape index (κ2) is 10.7. The summed E-state index contributed by atoms with van der Waals surface area (Å²) < 4.78 is 5.50. The fourth-order valence-electron chi connectivity index (χ4n) is 4.39. The molecule has 0 aromatic carbocycles. The Morgan fingerprint density at radius 1 is 1.16 bits per heavy atom. The molecule has 3 rings (SSSR count). The van der Waals surface area contributed by atoms with Gasteiger partial charge in [-0.15, -0.1) is 0 Å². The standard InChI is InChI=1S/C22H38N4O6/c1-5-6-13-31-26-16-10-11-18(25(14-16)20(26)28)19(27)23-30-15-17-9-7-8-12-24(17)21(29)32-22(2,3)4/h16-18H,5-15H2,1-4H3,(H,23,27)/t16?,17-,18-/m0/s1. The maximum atomic E-state index is 12.7. The first kappa shape index (κ1) is 24.6. The van der Waals surface area contributed by atoms with Crippen LogP contribution >= 0.6 is 0 Å². The molecular weight excluding hydrogens is 416 g/mol. The van der Waals surface area contributed by atoms with Gasteiger partial charge in [-0.05, 0) is 59.3 Å². The number of carbonyl (C=O) groups excluding carboxylic acids is 3. The molecule has 4 amide bonds. The van der Waals surface area contributed by atoms with Gasteiger partial charge in [0.2, 0.25) is 0 Å². The van der Waals surface area contributed by atoms with Crippen LogP contribution in [0.25, 0.3) is 0 Å². The molecule has 0 saturated carbocycles. The largest absolute Gasteiger partial charge is 0.444 e. The molecule has 1 N–H and O–H groups in total. The van der Waals surface area contributed by atoms with Crippen molar-refractivity contribution in [3.8, 4) is 0 Å². The Kier molecular flexibility index (Phi) is 8.21. The van der Waals surface area contributed by atoms with Gasteiger partial charge in [-0.1, -0.05) is 13.3 Å². The van der Waals surface area contributed by atoms with Crippen LogP contribution in [0.15, 0.2) is 0 Å². The van der Waals surface area contributed by atoms with Gasteiger partial charge in [0.25, 0.3) is 5.91 Å². The summed E-state index contributed by atoms with van der Waals surface area (Å²) in [6.45, 7) is 9.36. The van der Waals surface area contributed by atoms with Crippen LogP contribution in [0, 0.1) is 0 Å². The van der Waals surface area contributed by atoms with Crippen LogP contribution in [-0.2, 0) is 19.2 Å². The quantitative estimate of drug-likeness (QED) is 0.447. The van der Waals surface area contributed by atoms with E-state index in [-0.39, 0.29) is 36.7 Å². The maximum absolute atomic E-state index is 12.7. The Morgan fingerprint density at radius 3 is 2.66 bits per heavy atom. The second-order valence-electron chi connectivity index (χ2n) is 9.80. The van der Waals surface area contributed by atoms with Crippen molar-refractivity contribution >= 4 is 18.0 Å². The monoisotopic (exact) mass is 454 g/mol. The summed E-state index contributed by atoms with van der Waals surface area (Å²) in [7, 11) is 0. The lowest BCUT2D eigenvalue weighted by Gasteiger charge is -2.36. The Labute approximate surface area is 190 Å². The van der Waals surface area contributed by atoms with E-state index in [2.05, 4.69) is 12.4 Å². The van der Waals surface area contributed by atoms with E-state index in [1.165, 1.54) is 5.06 Å². The molecule has 32 heavy (non-hydrogen) atoms. The molecule has 3 saturated heterocycles. The molecule has 3 fully saturated rings. The Morgan fingerprint density at radius 2 is 1.94 bits per heavy atom. The zero-order chi connectivity index (χ0) is 23.3. The minimum atomic E-state index is -0.577. The molecule has 10 nitrogen and oxygen atoms in total. The first-order valence-corrected chi connectivity index (χ1v) is 11.8. The van der Waals surface area contributed by atoms with Crippen molar-refractivity contribution < 1.29 is 28.8 Å². The highest BCUT2D eigenvalue weighted by Crippen LogP contribution is 2.30. The molecule has 3 atom stereocenters. The predicted octanol–water partition coefficient (Wildman–Crippen LogP) is 2.82. The van der Waals surface area contributed by atoms with Gasteiger partial charge in [-0.2, -0.15) is 5.06 Å². The van der Waals surface area contributed by atoms with Crippen LogP contribution in [0.3, 0.4) is 0 Å². The Bertz CT molecular complexity index is 682. The number of hydroxylamine groups is 3. The number of hydrogen-bond acceptors (Lipinski definition) is 6. The van der Waals surface area contributed by atoms with Gasteiger partial charge >= 0.3 is 12.1 Å². The zero-order valence-corrected chi connectivity index (χ0v) is 19.8. The molecule has 0 aromatic rings. The molecule has 1 unspecified atom stereocenters. The average molecular weight is 455 g/mol. The molecule has 0 spiro atoms. The Balaban J connectivity index is 1.48. The summed E-state index contributed by atoms with van der Waals surface area (Å²) in [5.74, 6) is -0.341. The molecule has 182 valence electrons. The topological polar surface area (TPSA) is 101 Å². The van der Waals surface area contributed by atoms with Crippen molar-refractivity contribution in [1.29, 1.82) is 0 Å². The normalized spacial score (nSPS) is 25.8. The summed E-state index contributed by atoms with van der Waals surface area (Å²) >= 11 is 0. The lowest BCUT2D eigenvalue weighted by atomic mass is 10.0. The van der Waals surface area contributed by atoms with Crippen LogP contribution in [0.1, 0.15) is 72.6 Å². The van der Waals surface area contributed by atoms with E-state index in [4.69, 9.17) is 14.4 Å². The summed E-state index contributed by atoms with van der Waals surface area (Å²) in [6.07, 6.45) is 5.48. The van der Waals surface area contributed by atoms with Crippen LogP contribution in [0.2, 0.25) is 0 Å². The number of piperidine rings is 2. The first-order valence-electron chi connectivity index (χ1n) is 11.8. The number of unbranched alkanes of at least 4 members (excludes halogenated alkanes) is 1. The number of ether oxygens (including phenoxy) is 1. The molecule has 3 heterocycles. The number of nitrogens with zero attached hydrogens (tertiary/aromatic N) is 3. The third kappa shape index (κ3) is 6.04. The highest BCUT2D eigenvalue weighted by Gasteiger charge is 2.48. The SMILES string of the molecule is CCCCON1C(=O)N2CC1CC[C@H]2C(=O)NOC[C@@H]1CCCCN1C(=O)OC(C)(C)C. The number of urea groups is 1. The van der Waals surface area contributed by atoms with Gasteiger partial charge in [-0.25, -0.2) is 15.1 Å². The number of nitrogens with one attached hydrogen (secondary N) is 1. The van der Waals surface area contributed by atoms with Crippen molar-refractivity contribution in [2.75, 3.05) is 26.3 Å². The Hall–Kier alpha value is -2.07. The fraction of sp³-hybridized carbons (Fsp3) is 0.864. The summed E-state index contributed by atoms with van der Waals surface area (Å²) in [4.78, 5) is 52.4. The number of likely N-dealkylation sites (tertiary alicyclic amines) is 1. The van der Waals surface area contributed by atoms with Crippen molar-refractivity contribution in [3.05, 3.63) is 0 Å². The molecule has 3 aliphatic rings. The lowest BCUT2D eigenvalue weighted by molar-refractivity contribution is -0.140. The molecule has 0 radical (unpaired) electrons. The van der Waals surface area contributed by atoms with E-state index in [9.17, 15) is 14.4 Å². The number of rotatable bonds is 8.